The van der Waals surface area contributed by atoms with Crippen LogP contribution in [-0.4, -0.2) is 27.5 Å². The molecule has 0 spiro atoms. The van der Waals surface area contributed by atoms with Gasteiger partial charge in [0.25, 0.3) is 5.91 Å². The van der Waals surface area contributed by atoms with Gasteiger partial charge < -0.3 is 16.2 Å². The minimum Gasteiger partial charge on any atom is -0.508 e. The molecule has 2 aromatic heterocycles. The van der Waals surface area contributed by atoms with Crippen LogP contribution < -0.4 is 11.1 Å². The number of rotatable bonds is 3. The number of aromatic nitrogens is 2. The normalized spacial score (nSPS) is 10.8. The van der Waals surface area contributed by atoms with E-state index in [1.165, 1.54) is 11.3 Å². The summed E-state index contributed by atoms with van der Waals surface area (Å²) in [5, 5.41) is 13.1. The molecule has 0 saturated carbocycles. The Labute approximate surface area is 130 Å². The van der Waals surface area contributed by atoms with E-state index in [2.05, 4.69) is 15.3 Å². The Morgan fingerprint density at radius 3 is 2.91 bits per heavy atom. The van der Waals surface area contributed by atoms with Gasteiger partial charge in [0.15, 0.2) is 0 Å². The topological polar surface area (TPSA) is 101 Å². The number of carbonyl (C=O) groups excluding carboxylic acids is 1. The van der Waals surface area contributed by atoms with Crippen LogP contribution in [0.4, 0.5) is 5.95 Å². The molecule has 1 aromatic carbocycles. The van der Waals surface area contributed by atoms with Gasteiger partial charge in [-0.3, -0.25) is 4.79 Å². The molecule has 0 aliphatic carbocycles. The van der Waals surface area contributed by atoms with E-state index in [-0.39, 0.29) is 17.6 Å². The molecule has 2 heterocycles. The largest absolute Gasteiger partial charge is 0.508 e. The third-order valence-electron chi connectivity index (χ3n) is 3.09. The molecule has 3 aromatic rings. The lowest BCUT2D eigenvalue weighted by Crippen LogP contribution is -2.21. The van der Waals surface area contributed by atoms with Crippen LogP contribution in [0.15, 0.2) is 30.3 Å². The first-order chi connectivity index (χ1) is 10.6. The molecule has 7 heteroatoms. The van der Waals surface area contributed by atoms with E-state index in [0.717, 1.165) is 10.9 Å². The van der Waals surface area contributed by atoms with E-state index in [0.29, 0.717) is 21.9 Å². The van der Waals surface area contributed by atoms with Gasteiger partial charge in [-0.05, 0) is 25.1 Å². The lowest BCUT2D eigenvalue weighted by molar-refractivity contribution is 0.0960. The summed E-state index contributed by atoms with van der Waals surface area (Å²) in [6.45, 7) is 2.42. The van der Waals surface area contributed by atoms with Crippen molar-refractivity contribution >= 4 is 33.4 Å². The summed E-state index contributed by atoms with van der Waals surface area (Å²) in [4.78, 5) is 21.6. The van der Waals surface area contributed by atoms with Gasteiger partial charge in [0, 0.05) is 17.5 Å². The molecular weight excluding hydrogens is 300 g/mol. The summed E-state index contributed by atoms with van der Waals surface area (Å²) in [7, 11) is 0. The van der Waals surface area contributed by atoms with Gasteiger partial charge in [0.05, 0.1) is 10.6 Å². The van der Waals surface area contributed by atoms with E-state index in [1.54, 1.807) is 24.3 Å². The molecule has 0 unspecified atom stereocenters. The van der Waals surface area contributed by atoms with Crippen LogP contribution in [0.25, 0.3) is 21.5 Å². The van der Waals surface area contributed by atoms with Gasteiger partial charge >= 0.3 is 0 Å². The van der Waals surface area contributed by atoms with Crippen molar-refractivity contribution in [2.75, 3.05) is 12.3 Å². The number of aromatic hydroxyl groups is 1. The molecule has 4 N–H and O–H groups in total. The monoisotopic (exact) mass is 314 g/mol. The number of nitrogens with one attached hydrogen (secondary N) is 1. The van der Waals surface area contributed by atoms with Gasteiger partial charge in [-0.15, -0.1) is 11.3 Å². The number of phenols is 1. The third kappa shape index (κ3) is 2.58. The molecule has 22 heavy (non-hydrogen) atoms. The van der Waals surface area contributed by atoms with Crippen LogP contribution >= 0.6 is 11.3 Å². The number of hydrogen-bond acceptors (Lipinski definition) is 6. The van der Waals surface area contributed by atoms with Gasteiger partial charge in [0.1, 0.15) is 10.6 Å². The summed E-state index contributed by atoms with van der Waals surface area (Å²) in [5.41, 5.74) is 7.09. The van der Waals surface area contributed by atoms with E-state index >= 15 is 0 Å². The van der Waals surface area contributed by atoms with Crippen LogP contribution in [0.1, 0.15) is 16.6 Å². The van der Waals surface area contributed by atoms with Crippen molar-refractivity contribution in [3.05, 3.63) is 35.2 Å². The van der Waals surface area contributed by atoms with Crippen molar-refractivity contribution in [1.82, 2.24) is 15.3 Å². The van der Waals surface area contributed by atoms with Crippen molar-refractivity contribution in [3.63, 3.8) is 0 Å². The molecule has 1 amide bonds. The summed E-state index contributed by atoms with van der Waals surface area (Å²) >= 11 is 1.27. The lowest BCUT2D eigenvalue weighted by atomic mass is 10.1. The second kappa shape index (κ2) is 5.61. The van der Waals surface area contributed by atoms with Crippen LogP contribution in [-0.2, 0) is 0 Å². The Balaban J connectivity index is 2.19. The fourth-order valence-electron chi connectivity index (χ4n) is 2.17. The van der Waals surface area contributed by atoms with Crippen LogP contribution in [0, 0.1) is 0 Å². The molecule has 0 aliphatic heterocycles. The van der Waals surface area contributed by atoms with E-state index in [1.807, 2.05) is 13.0 Å². The Morgan fingerprint density at radius 1 is 1.36 bits per heavy atom. The number of phenolic OH excluding ortho intramolecular Hbond substituents is 1. The third-order valence-corrected chi connectivity index (χ3v) is 4.12. The highest BCUT2D eigenvalue weighted by atomic mass is 32.1. The predicted molar refractivity (Wildman–Crippen MR) is 86.9 cm³/mol. The number of fused-ring (bicyclic) bond motifs is 1. The summed E-state index contributed by atoms with van der Waals surface area (Å²) in [6.07, 6.45) is 0. The van der Waals surface area contributed by atoms with Crippen LogP contribution in [0.5, 0.6) is 5.75 Å². The maximum atomic E-state index is 12.0. The zero-order valence-electron chi connectivity index (χ0n) is 11.8. The quantitative estimate of drug-likeness (QED) is 0.689. The van der Waals surface area contributed by atoms with Gasteiger partial charge in [-0.25, -0.2) is 9.97 Å². The maximum Gasteiger partial charge on any atom is 0.261 e. The highest BCUT2D eigenvalue weighted by Gasteiger charge is 2.16. The minimum atomic E-state index is -0.147. The van der Waals surface area contributed by atoms with Crippen molar-refractivity contribution in [2.24, 2.45) is 0 Å². The Hall–Kier alpha value is -2.67. The van der Waals surface area contributed by atoms with Gasteiger partial charge in [-0.2, -0.15) is 0 Å². The van der Waals surface area contributed by atoms with Crippen molar-refractivity contribution in [2.45, 2.75) is 6.92 Å². The number of hydrogen-bond donors (Lipinski definition) is 3. The smallest absolute Gasteiger partial charge is 0.261 e. The van der Waals surface area contributed by atoms with Gasteiger partial charge in [0.2, 0.25) is 5.95 Å². The number of thiophene rings is 1. The fraction of sp³-hybridized carbons (Fsp3) is 0.133. The molecule has 112 valence electrons. The number of nitrogens with two attached hydrogens (primary N) is 1. The zero-order valence-corrected chi connectivity index (χ0v) is 12.6. The van der Waals surface area contributed by atoms with Crippen molar-refractivity contribution in [1.29, 1.82) is 0 Å². The van der Waals surface area contributed by atoms with Crippen LogP contribution in [0.3, 0.4) is 0 Å². The molecular formula is C15H14N4O2S. The van der Waals surface area contributed by atoms with Gasteiger partial charge in [-0.1, -0.05) is 12.1 Å². The highest BCUT2D eigenvalue weighted by Crippen LogP contribution is 2.33. The average molecular weight is 314 g/mol. The SMILES string of the molecule is CCNC(=O)c1cc2c(-c3cccc(O)c3)nc(N)nc2s1. The second-order valence-corrected chi connectivity index (χ2v) is 5.70. The fourth-order valence-corrected chi connectivity index (χ4v) is 3.13. The molecule has 0 bridgehead atoms. The second-order valence-electron chi connectivity index (χ2n) is 4.67. The number of nitrogens with zero attached hydrogens (tertiary/aromatic N) is 2. The van der Waals surface area contributed by atoms with Crippen LogP contribution in [0.2, 0.25) is 0 Å². The standard InChI is InChI=1S/C15H14N4O2S/c1-2-17-13(21)11-7-10-12(8-4-3-5-9(20)6-8)18-15(16)19-14(10)22-11/h3-7,20H,2H2,1H3,(H,17,21)(H2,16,18,19). The Bertz CT molecular complexity index is 860. The Kier molecular flexibility index (Phi) is 3.64. The molecule has 0 radical (unpaired) electrons. The summed E-state index contributed by atoms with van der Waals surface area (Å²) in [5.74, 6) is 0.128. The molecule has 0 saturated heterocycles. The first kappa shape index (κ1) is 14.3. The first-order valence-electron chi connectivity index (χ1n) is 6.73. The zero-order chi connectivity index (χ0) is 15.7. The molecule has 0 aliphatic rings. The average Bonchev–Trinajstić information content (AvgIpc) is 2.90. The van der Waals surface area contributed by atoms with Crippen molar-refractivity contribution in [3.8, 4) is 17.0 Å². The molecule has 6 nitrogen and oxygen atoms in total. The first-order valence-corrected chi connectivity index (χ1v) is 7.54. The number of amides is 1. The number of carbonyl (C=O) groups is 1. The van der Waals surface area contributed by atoms with E-state index in [9.17, 15) is 9.90 Å². The lowest BCUT2D eigenvalue weighted by Gasteiger charge is -2.04. The van der Waals surface area contributed by atoms with E-state index < -0.39 is 0 Å². The van der Waals surface area contributed by atoms with E-state index in [4.69, 9.17) is 5.73 Å². The molecule has 3 rings (SSSR count). The number of nitrogen functional groups attached to an aromatic ring is 1. The maximum absolute atomic E-state index is 12.0. The minimum absolute atomic E-state index is 0.134. The molecule has 0 atom stereocenters. The summed E-state index contributed by atoms with van der Waals surface area (Å²) in [6, 6.07) is 8.49. The number of anilines is 1. The number of benzene rings is 1. The molecule has 0 fully saturated rings. The summed E-state index contributed by atoms with van der Waals surface area (Å²) < 4.78 is 0. The predicted octanol–water partition coefficient (Wildman–Crippen LogP) is 2.40. The van der Waals surface area contributed by atoms with Crippen molar-refractivity contribution < 1.29 is 9.90 Å². The Morgan fingerprint density at radius 2 is 2.18 bits per heavy atom. The highest BCUT2D eigenvalue weighted by molar-refractivity contribution is 7.20.